The van der Waals surface area contributed by atoms with Crippen LogP contribution in [0.25, 0.3) is 0 Å². The fourth-order valence-corrected chi connectivity index (χ4v) is 3.16. The van der Waals surface area contributed by atoms with Crippen LogP contribution in [0.5, 0.6) is 0 Å². The van der Waals surface area contributed by atoms with Crippen molar-refractivity contribution < 1.29 is 9.18 Å². The number of hydrogen-bond acceptors (Lipinski definition) is 4. The molecule has 126 valence electrons. The molecule has 1 aromatic heterocycles. The van der Waals surface area contributed by atoms with Gasteiger partial charge in [-0.15, -0.1) is 5.10 Å². The lowest BCUT2D eigenvalue weighted by Crippen LogP contribution is -2.41. The minimum absolute atomic E-state index is 0.130. The molecule has 2 aromatic rings. The zero-order valence-corrected chi connectivity index (χ0v) is 13.8. The van der Waals surface area contributed by atoms with Gasteiger partial charge in [0, 0.05) is 30.4 Å². The Kier molecular flexibility index (Phi) is 5.25. The number of carbonyl (C=O) groups is 1. The summed E-state index contributed by atoms with van der Waals surface area (Å²) in [6, 6.07) is 8.05. The van der Waals surface area contributed by atoms with E-state index >= 15 is 0 Å². The Labute approximate surface area is 144 Å². The van der Waals surface area contributed by atoms with Gasteiger partial charge >= 0.3 is 0 Å². The Bertz CT molecular complexity index is 713. The van der Waals surface area contributed by atoms with E-state index in [0.29, 0.717) is 12.1 Å². The van der Waals surface area contributed by atoms with Gasteiger partial charge in [0.2, 0.25) is 5.91 Å². The molecule has 0 bridgehead atoms. The molecular formula is C17H18ClFN4O. The topological polar surface area (TPSA) is 58.1 Å². The van der Waals surface area contributed by atoms with Crippen molar-refractivity contribution in [3.05, 3.63) is 52.9 Å². The Balaban J connectivity index is 1.56. The molecule has 1 N–H and O–H groups in total. The smallest absolute Gasteiger partial charge is 0.224 e. The number of hydrogen-bond donors (Lipinski definition) is 1. The Morgan fingerprint density at radius 1 is 1.42 bits per heavy atom. The van der Waals surface area contributed by atoms with Crippen molar-refractivity contribution in [1.82, 2.24) is 15.5 Å². The molecule has 1 atom stereocenters. The lowest BCUT2D eigenvalue weighted by Gasteiger charge is -2.25. The number of nitrogens with zero attached hydrogens (tertiary/aromatic N) is 3. The summed E-state index contributed by atoms with van der Waals surface area (Å²) in [7, 11) is 0. The molecule has 0 aliphatic carbocycles. The standard InChI is InChI=1S/C17H18ClFN4O/c18-15-10-13(19)6-5-12(15)9-17(24)20-11-14-3-2-8-23(14)16-4-1-7-21-22-16/h1,4-7,10,14H,2-3,8-9,11H2,(H,20,24)/t14-/m0/s1. The molecule has 0 spiro atoms. The van der Waals surface area contributed by atoms with Gasteiger partial charge in [-0.25, -0.2) is 4.39 Å². The summed E-state index contributed by atoms with van der Waals surface area (Å²) in [4.78, 5) is 14.3. The summed E-state index contributed by atoms with van der Waals surface area (Å²) in [5.41, 5.74) is 0.618. The molecule has 1 amide bonds. The zero-order valence-electron chi connectivity index (χ0n) is 13.1. The second-order valence-corrected chi connectivity index (χ2v) is 6.20. The van der Waals surface area contributed by atoms with E-state index in [1.165, 1.54) is 12.1 Å². The quantitative estimate of drug-likeness (QED) is 0.902. The van der Waals surface area contributed by atoms with E-state index in [1.807, 2.05) is 12.1 Å². The van der Waals surface area contributed by atoms with E-state index < -0.39 is 5.82 Å². The van der Waals surface area contributed by atoms with E-state index in [0.717, 1.165) is 25.2 Å². The van der Waals surface area contributed by atoms with Crippen molar-refractivity contribution in [2.75, 3.05) is 18.0 Å². The lowest BCUT2D eigenvalue weighted by molar-refractivity contribution is -0.120. The average molecular weight is 349 g/mol. The van der Waals surface area contributed by atoms with Gasteiger partial charge in [0.1, 0.15) is 5.82 Å². The van der Waals surface area contributed by atoms with Crippen LogP contribution in [0.3, 0.4) is 0 Å². The molecule has 1 aliphatic heterocycles. The van der Waals surface area contributed by atoms with Crippen molar-refractivity contribution in [3.8, 4) is 0 Å². The molecule has 1 aromatic carbocycles. The van der Waals surface area contributed by atoms with Gasteiger partial charge in [0.25, 0.3) is 0 Å². The Morgan fingerprint density at radius 2 is 2.29 bits per heavy atom. The maximum Gasteiger partial charge on any atom is 0.224 e. The summed E-state index contributed by atoms with van der Waals surface area (Å²) in [5, 5.41) is 11.2. The van der Waals surface area contributed by atoms with Crippen molar-refractivity contribution in [3.63, 3.8) is 0 Å². The highest BCUT2D eigenvalue weighted by molar-refractivity contribution is 6.31. The highest BCUT2D eigenvalue weighted by Crippen LogP contribution is 2.22. The third-order valence-corrected chi connectivity index (χ3v) is 4.48. The van der Waals surface area contributed by atoms with E-state index in [1.54, 1.807) is 12.3 Å². The van der Waals surface area contributed by atoms with Crippen LogP contribution in [0.4, 0.5) is 10.2 Å². The largest absolute Gasteiger partial charge is 0.354 e. The third-order valence-electron chi connectivity index (χ3n) is 4.13. The number of amides is 1. The SMILES string of the molecule is O=C(Cc1ccc(F)cc1Cl)NC[C@@H]1CCCN1c1cccnn1. The molecule has 1 aliphatic rings. The summed E-state index contributed by atoms with van der Waals surface area (Å²) >= 11 is 5.96. The van der Waals surface area contributed by atoms with Crippen molar-refractivity contribution in [1.29, 1.82) is 0 Å². The maximum atomic E-state index is 13.0. The van der Waals surface area contributed by atoms with Crippen molar-refractivity contribution >= 4 is 23.3 Å². The first-order valence-corrected chi connectivity index (χ1v) is 8.26. The second kappa shape index (κ2) is 7.57. The highest BCUT2D eigenvalue weighted by Gasteiger charge is 2.26. The summed E-state index contributed by atoms with van der Waals surface area (Å²) < 4.78 is 13.0. The van der Waals surface area contributed by atoms with Gasteiger partial charge in [-0.3, -0.25) is 4.79 Å². The first kappa shape index (κ1) is 16.6. The van der Waals surface area contributed by atoms with E-state index in [2.05, 4.69) is 20.4 Å². The minimum atomic E-state index is -0.408. The second-order valence-electron chi connectivity index (χ2n) is 5.79. The number of nitrogens with one attached hydrogen (secondary N) is 1. The predicted molar refractivity (Wildman–Crippen MR) is 90.5 cm³/mol. The molecule has 24 heavy (non-hydrogen) atoms. The zero-order chi connectivity index (χ0) is 16.9. The van der Waals surface area contributed by atoms with Gasteiger partial charge in [0.15, 0.2) is 5.82 Å². The molecule has 1 fully saturated rings. The highest BCUT2D eigenvalue weighted by atomic mass is 35.5. The number of rotatable bonds is 5. The fraction of sp³-hybridized carbons (Fsp3) is 0.353. The normalized spacial score (nSPS) is 17.1. The molecule has 0 radical (unpaired) electrons. The number of benzene rings is 1. The van der Waals surface area contributed by atoms with Crippen molar-refractivity contribution in [2.45, 2.75) is 25.3 Å². The van der Waals surface area contributed by atoms with E-state index in [9.17, 15) is 9.18 Å². The van der Waals surface area contributed by atoms with E-state index in [4.69, 9.17) is 11.6 Å². The molecule has 2 heterocycles. The van der Waals surface area contributed by atoms with Crippen LogP contribution in [-0.4, -0.2) is 35.2 Å². The maximum absolute atomic E-state index is 13.0. The van der Waals surface area contributed by atoms with Gasteiger partial charge in [0.05, 0.1) is 6.42 Å². The number of halogens is 2. The predicted octanol–water partition coefficient (Wildman–Crippen LogP) is 2.60. The van der Waals surface area contributed by atoms with Crippen LogP contribution in [-0.2, 0) is 11.2 Å². The van der Waals surface area contributed by atoms with Crippen LogP contribution in [0.1, 0.15) is 18.4 Å². The van der Waals surface area contributed by atoms with Gasteiger partial charge in [-0.2, -0.15) is 5.10 Å². The van der Waals surface area contributed by atoms with Crippen LogP contribution in [0.15, 0.2) is 36.5 Å². The number of anilines is 1. The van der Waals surface area contributed by atoms with Gasteiger partial charge in [-0.1, -0.05) is 17.7 Å². The number of carbonyl (C=O) groups excluding carboxylic acids is 1. The molecule has 3 rings (SSSR count). The monoisotopic (exact) mass is 348 g/mol. The molecule has 7 heteroatoms. The molecular weight excluding hydrogens is 331 g/mol. The molecule has 0 saturated carbocycles. The first-order chi connectivity index (χ1) is 11.6. The van der Waals surface area contributed by atoms with Crippen molar-refractivity contribution in [2.24, 2.45) is 0 Å². The van der Waals surface area contributed by atoms with Crippen LogP contribution in [0.2, 0.25) is 5.02 Å². The van der Waals surface area contributed by atoms with Gasteiger partial charge < -0.3 is 10.2 Å². The molecule has 1 saturated heterocycles. The average Bonchev–Trinajstić information content (AvgIpc) is 3.05. The van der Waals surface area contributed by atoms with Gasteiger partial charge in [-0.05, 0) is 42.7 Å². The Morgan fingerprint density at radius 3 is 3.04 bits per heavy atom. The minimum Gasteiger partial charge on any atom is -0.354 e. The molecule has 0 unspecified atom stereocenters. The first-order valence-electron chi connectivity index (χ1n) is 7.88. The fourth-order valence-electron chi connectivity index (χ4n) is 2.93. The van der Waals surface area contributed by atoms with Crippen LogP contribution in [0, 0.1) is 5.82 Å². The lowest BCUT2D eigenvalue weighted by atomic mass is 10.1. The summed E-state index contributed by atoms with van der Waals surface area (Å²) in [6.07, 6.45) is 3.83. The number of aromatic nitrogens is 2. The van der Waals surface area contributed by atoms with Crippen LogP contribution < -0.4 is 10.2 Å². The summed E-state index contributed by atoms with van der Waals surface area (Å²) in [5.74, 6) is 0.292. The molecule has 5 nitrogen and oxygen atoms in total. The van der Waals surface area contributed by atoms with E-state index in [-0.39, 0.29) is 23.4 Å². The third kappa shape index (κ3) is 4.00. The summed E-state index contributed by atoms with van der Waals surface area (Å²) in [6.45, 7) is 1.44. The Hall–Kier alpha value is -2.21. The van der Waals surface area contributed by atoms with Crippen LogP contribution >= 0.6 is 11.6 Å².